The van der Waals surface area contributed by atoms with Crippen molar-refractivity contribution in [1.29, 1.82) is 0 Å². The van der Waals surface area contributed by atoms with Crippen LogP contribution in [0, 0.1) is 0 Å². The zero-order chi connectivity index (χ0) is 19.3. The third-order valence-corrected chi connectivity index (χ3v) is 5.43. The van der Waals surface area contributed by atoms with E-state index in [1.807, 2.05) is 0 Å². The maximum Gasteiger partial charge on any atom is 0.340 e. The van der Waals surface area contributed by atoms with Crippen LogP contribution in [0.5, 0.6) is 0 Å². The SMILES string of the molecule is COCCNS(=O)(=O)c1ccc(Cl)c(C(=O)O[C@@H](C)C(=O)NC2CC2)c1. The van der Waals surface area contributed by atoms with E-state index in [1.165, 1.54) is 26.2 Å². The van der Waals surface area contributed by atoms with Gasteiger partial charge in [0.2, 0.25) is 10.0 Å². The number of hydrogen-bond donors (Lipinski definition) is 2. The van der Waals surface area contributed by atoms with Crippen molar-refractivity contribution in [1.82, 2.24) is 10.0 Å². The zero-order valence-corrected chi connectivity index (χ0v) is 16.0. The van der Waals surface area contributed by atoms with Gasteiger partial charge in [-0.25, -0.2) is 17.9 Å². The van der Waals surface area contributed by atoms with Crippen molar-refractivity contribution in [3.8, 4) is 0 Å². The Balaban J connectivity index is 2.10. The first-order valence-electron chi connectivity index (χ1n) is 8.04. The van der Waals surface area contributed by atoms with E-state index in [9.17, 15) is 18.0 Å². The Morgan fingerprint density at radius 3 is 2.65 bits per heavy atom. The van der Waals surface area contributed by atoms with E-state index in [0.29, 0.717) is 0 Å². The molecule has 1 saturated carbocycles. The van der Waals surface area contributed by atoms with Crippen molar-refractivity contribution < 1.29 is 27.5 Å². The van der Waals surface area contributed by atoms with Gasteiger partial charge in [0.25, 0.3) is 5.91 Å². The van der Waals surface area contributed by atoms with Crippen LogP contribution in [0.15, 0.2) is 23.1 Å². The van der Waals surface area contributed by atoms with Crippen LogP contribution in [0.4, 0.5) is 0 Å². The Kier molecular flexibility index (Phi) is 6.99. The number of halogens is 1. The van der Waals surface area contributed by atoms with Gasteiger partial charge in [0.15, 0.2) is 6.10 Å². The summed E-state index contributed by atoms with van der Waals surface area (Å²) in [7, 11) is -2.38. The number of nitrogens with one attached hydrogen (secondary N) is 2. The molecule has 8 nitrogen and oxygen atoms in total. The molecular formula is C16H21ClN2O6S. The zero-order valence-electron chi connectivity index (χ0n) is 14.5. The fraction of sp³-hybridized carbons (Fsp3) is 0.500. The quantitative estimate of drug-likeness (QED) is 0.470. The van der Waals surface area contributed by atoms with Crippen LogP contribution in [0.25, 0.3) is 0 Å². The molecule has 144 valence electrons. The molecule has 0 spiro atoms. The average molecular weight is 405 g/mol. The number of amides is 1. The van der Waals surface area contributed by atoms with Gasteiger partial charge in [-0.2, -0.15) is 0 Å². The lowest BCUT2D eigenvalue weighted by Crippen LogP contribution is -2.37. The van der Waals surface area contributed by atoms with E-state index < -0.39 is 28.0 Å². The van der Waals surface area contributed by atoms with Crippen molar-refractivity contribution in [3.63, 3.8) is 0 Å². The largest absolute Gasteiger partial charge is 0.449 e. The fourth-order valence-corrected chi connectivity index (χ4v) is 3.25. The van der Waals surface area contributed by atoms with E-state index in [0.717, 1.165) is 18.9 Å². The number of methoxy groups -OCH3 is 1. The number of ether oxygens (including phenoxy) is 2. The number of sulfonamides is 1. The summed E-state index contributed by atoms with van der Waals surface area (Å²) in [5.74, 6) is -1.27. The Labute approximate surface area is 157 Å². The monoisotopic (exact) mass is 404 g/mol. The predicted octanol–water partition coefficient (Wildman–Crippen LogP) is 1.09. The number of hydrogen-bond acceptors (Lipinski definition) is 6. The second kappa shape index (κ2) is 8.81. The normalized spacial score (nSPS) is 15.3. The molecule has 1 aliphatic rings. The van der Waals surface area contributed by atoms with E-state index >= 15 is 0 Å². The fourth-order valence-electron chi connectivity index (χ4n) is 2.01. The van der Waals surface area contributed by atoms with Gasteiger partial charge < -0.3 is 14.8 Å². The predicted molar refractivity (Wildman–Crippen MR) is 94.6 cm³/mol. The van der Waals surface area contributed by atoms with Crippen LogP contribution in [0.3, 0.4) is 0 Å². The molecule has 2 rings (SSSR count). The first kappa shape index (κ1) is 20.6. The molecule has 0 aliphatic heterocycles. The van der Waals surface area contributed by atoms with Gasteiger partial charge in [-0.3, -0.25) is 4.79 Å². The molecule has 0 radical (unpaired) electrons. The molecule has 1 aromatic rings. The standard InChI is InChI=1S/C16H21ClN2O6S/c1-10(15(20)19-11-3-4-11)25-16(21)13-9-12(5-6-14(13)17)26(22,23)18-7-8-24-2/h5-6,9-11,18H,3-4,7-8H2,1-2H3,(H,19,20)/t10-/m0/s1. The molecule has 0 unspecified atom stereocenters. The van der Waals surface area contributed by atoms with E-state index in [-0.39, 0.29) is 34.7 Å². The van der Waals surface area contributed by atoms with Crippen LogP contribution in [-0.4, -0.2) is 52.7 Å². The molecular weight excluding hydrogens is 384 g/mol. The van der Waals surface area contributed by atoms with E-state index in [2.05, 4.69) is 10.0 Å². The van der Waals surface area contributed by atoms with Gasteiger partial charge in [-0.15, -0.1) is 0 Å². The number of carbonyl (C=O) groups is 2. The number of rotatable bonds is 9. The highest BCUT2D eigenvalue weighted by Crippen LogP contribution is 2.22. The van der Waals surface area contributed by atoms with Gasteiger partial charge in [-0.1, -0.05) is 11.6 Å². The lowest BCUT2D eigenvalue weighted by atomic mass is 10.2. The topological polar surface area (TPSA) is 111 Å². The molecule has 0 heterocycles. The molecule has 1 fully saturated rings. The maximum absolute atomic E-state index is 12.3. The molecule has 26 heavy (non-hydrogen) atoms. The summed E-state index contributed by atoms with van der Waals surface area (Å²) in [6.45, 7) is 1.73. The van der Waals surface area contributed by atoms with Crippen molar-refractivity contribution in [3.05, 3.63) is 28.8 Å². The van der Waals surface area contributed by atoms with Gasteiger partial charge in [-0.05, 0) is 38.0 Å². The second-order valence-corrected chi connectivity index (χ2v) is 8.04. The van der Waals surface area contributed by atoms with Crippen LogP contribution < -0.4 is 10.0 Å². The molecule has 0 aromatic heterocycles. The number of esters is 1. The van der Waals surface area contributed by atoms with E-state index in [4.69, 9.17) is 21.1 Å². The third-order valence-electron chi connectivity index (χ3n) is 3.64. The van der Waals surface area contributed by atoms with Crippen molar-refractivity contribution in [2.24, 2.45) is 0 Å². The van der Waals surface area contributed by atoms with Crippen LogP contribution in [0.2, 0.25) is 5.02 Å². The maximum atomic E-state index is 12.3. The highest BCUT2D eigenvalue weighted by atomic mass is 35.5. The molecule has 2 N–H and O–H groups in total. The summed E-state index contributed by atoms with van der Waals surface area (Å²) in [6, 6.07) is 3.82. The van der Waals surface area contributed by atoms with Gasteiger partial charge in [0, 0.05) is 19.7 Å². The minimum atomic E-state index is -3.83. The number of benzene rings is 1. The Morgan fingerprint density at radius 2 is 2.04 bits per heavy atom. The van der Waals surface area contributed by atoms with Crippen LogP contribution in [-0.2, 0) is 24.3 Å². The van der Waals surface area contributed by atoms with Crippen molar-refractivity contribution >= 4 is 33.5 Å². The summed E-state index contributed by atoms with van der Waals surface area (Å²) < 4.78 is 36.7. The lowest BCUT2D eigenvalue weighted by molar-refractivity contribution is -0.129. The average Bonchev–Trinajstić information content (AvgIpc) is 3.38. The lowest BCUT2D eigenvalue weighted by Gasteiger charge is -2.14. The minimum Gasteiger partial charge on any atom is -0.449 e. The minimum absolute atomic E-state index is 0.0284. The van der Waals surface area contributed by atoms with Gasteiger partial charge in [0.1, 0.15) is 0 Å². The summed E-state index contributed by atoms with van der Waals surface area (Å²) in [6.07, 6.45) is 0.807. The molecule has 1 amide bonds. The van der Waals surface area contributed by atoms with Gasteiger partial charge in [0.05, 0.1) is 22.1 Å². The van der Waals surface area contributed by atoms with Crippen molar-refractivity contribution in [2.45, 2.75) is 36.8 Å². The third kappa shape index (κ3) is 5.66. The highest BCUT2D eigenvalue weighted by Gasteiger charge is 2.28. The molecule has 0 bridgehead atoms. The summed E-state index contributed by atoms with van der Waals surface area (Å²) in [4.78, 5) is 24.0. The molecule has 1 atom stereocenters. The smallest absolute Gasteiger partial charge is 0.340 e. The second-order valence-electron chi connectivity index (χ2n) is 5.86. The van der Waals surface area contributed by atoms with Crippen molar-refractivity contribution in [2.75, 3.05) is 20.3 Å². The van der Waals surface area contributed by atoms with Gasteiger partial charge >= 0.3 is 5.97 Å². The Bertz CT molecular complexity index is 779. The Morgan fingerprint density at radius 1 is 1.35 bits per heavy atom. The first-order valence-corrected chi connectivity index (χ1v) is 9.90. The molecule has 0 saturated heterocycles. The first-order chi connectivity index (χ1) is 12.2. The summed E-state index contributed by atoms with van der Waals surface area (Å²) >= 11 is 5.99. The molecule has 1 aliphatic carbocycles. The Hall–Kier alpha value is -1.68. The van der Waals surface area contributed by atoms with Crippen LogP contribution in [0.1, 0.15) is 30.1 Å². The van der Waals surface area contributed by atoms with E-state index in [1.54, 1.807) is 0 Å². The highest BCUT2D eigenvalue weighted by molar-refractivity contribution is 7.89. The van der Waals surface area contributed by atoms with Crippen LogP contribution >= 0.6 is 11.6 Å². The molecule has 10 heteroatoms. The number of carbonyl (C=O) groups excluding carboxylic acids is 2. The summed E-state index contributed by atoms with van der Waals surface area (Å²) in [5.41, 5.74) is -0.132. The molecule has 1 aromatic carbocycles. The summed E-state index contributed by atoms with van der Waals surface area (Å²) in [5, 5.41) is 2.75.